The van der Waals surface area contributed by atoms with Crippen LogP contribution in [0.3, 0.4) is 0 Å². The van der Waals surface area contributed by atoms with Gasteiger partial charge in [0.25, 0.3) is 0 Å². The Bertz CT molecular complexity index is 418. The van der Waals surface area contributed by atoms with Gasteiger partial charge in [-0.2, -0.15) is 0 Å². The molecule has 0 amide bonds. The molecule has 5 nitrogen and oxygen atoms in total. The number of aryl methyl sites for hydroxylation is 1. The summed E-state index contributed by atoms with van der Waals surface area (Å²) in [5.74, 6) is 1.71. The van der Waals surface area contributed by atoms with Crippen LogP contribution in [0.15, 0.2) is 6.20 Å². The average Bonchev–Trinajstić information content (AvgIpc) is 2.97. The van der Waals surface area contributed by atoms with Crippen LogP contribution in [0.5, 0.6) is 0 Å². The third-order valence-corrected chi connectivity index (χ3v) is 3.96. The van der Waals surface area contributed by atoms with Crippen LogP contribution in [0, 0.1) is 12.8 Å². The second-order valence-corrected chi connectivity index (χ2v) is 5.91. The van der Waals surface area contributed by atoms with E-state index in [1.165, 1.54) is 19.5 Å². The summed E-state index contributed by atoms with van der Waals surface area (Å²) in [6.45, 7) is 11.8. The van der Waals surface area contributed by atoms with E-state index in [1.54, 1.807) is 7.11 Å². The van der Waals surface area contributed by atoms with Crippen molar-refractivity contribution in [2.45, 2.75) is 39.8 Å². The molecule has 114 valence electrons. The van der Waals surface area contributed by atoms with Crippen molar-refractivity contribution in [1.82, 2.24) is 14.5 Å². The lowest BCUT2D eigenvalue weighted by Crippen LogP contribution is -2.25. The number of ether oxygens (including phenoxy) is 1. The van der Waals surface area contributed by atoms with Gasteiger partial charge in [0.15, 0.2) is 0 Å². The molecule has 0 aliphatic carbocycles. The summed E-state index contributed by atoms with van der Waals surface area (Å²) in [5, 5.41) is 3.44. The van der Waals surface area contributed by atoms with Crippen molar-refractivity contribution in [1.29, 1.82) is 0 Å². The van der Waals surface area contributed by atoms with Gasteiger partial charge in [0, 0.05) is 32.4 Å². The quantitative estimate of drug-likeness (QED) is 0.829. The van der Waals surface area contributed by atoms with Crippen LogP contribution in [0.2, 0.25) is 0 Å². The first-order chi connectivity index (χ1) is 9.62. The Morgan fingerprint density at radius 2 is 2.35 bits per heavy atom. The van der Waals surface area contributed by atoms with E-state index in [-0.39, 0.29) is 6.04 Å². The second-order valence-electron chi connectivity index (χ2n) is 5.91. The highest BCUT2D eigenvalue weighted by Gasteiger charge is 2.22. The third kappa shape index (κ3) is 3.96. The molecule has 0 saturated carbocycles. The molecule has 20 heavy (non-hydrogen) atoms. The lowest BCUT2D eigenvalue weighted by molar-refractivity contribution is 0.190. The predicted octanol–water partition coefficient (Wildman–Crippen LogP) is 1.98. The van der Waals surface area contributed by atoms with Crippen LogP contribution in [0.25, 0.3) is 0 Å². The molecule has 5 heteroatoms. The van der Waals surface area contributed by atoms with Crippen molar-refractivity contribution < 1.29 is 4.74 Å². The Labute approximate surface area is 122 Å². The molecule has 1 saturated heterocycles. The average molecular weight is 280 g/mol. The first kappa shape index (κ1) is 15.3. The minimum atomic E-state index is 0.274. The number of aromatic nitrogens is 2. The van der Waals surface area contributed by atoms with Crippen molar-refractivity contribution in [2.75, 3.05) is 38.7 Å². The number of methoxy groups -OCH3 is 1. The number of imidazole rings is 1. The summed E-state index contributed by atoms with van der Waals surface area (Å²) < 4.78 is 7.45. The van der Waals surface area contributed by atoms with E-state index in [9.17, 15) is 0 Å². The first-order valence-electron chi connectivity index (χ1n) is 7.64. The summed E-state index contributed by atoms with van der Waals surface area (Å²) in [4.78, 5) is 7.12. The van der Waals surface area contributed by atoms with E-state index in [1.807, 2.05) is 0 Å². The lowest BCUT2D eigenvalue weighted by Gasteiger charge is -2.18. The highest BCUT2D eigenvalue weighted by molar-refractivity contribution is 5.30. The molecule has 0 bridgehead atoms. The van der Waals surface area contributed by atoms with Gasteiger partial charge in [0.1, 0.15) is 0 Å². The Kier molecular flexibility index (Phi) is 5.43. The van der Waals surface area contributed by atoms with Gasteiger partial charge >= 0.3 is 0 Å². The van der Waals surface area contributed by atoms with Gasteiger partial charge in [-0.3, -0.25) is 0 Å². The third-order valence-electron chi connectivity index (χ3n) is 3.96. The zero-order valence-electron chi connectivity index (χ0n) is 13.2. The minimum Gasteiger partial charge on any atom is -0.383 e. The van der Waals surface area contributed by atoms with Crippen molar-refractivity contribution in [3.05, 3.63) is 11.9 Å². The molecule has 1 aliphatic rings. The standard InChI is InChI=1S/C15H28N4O/c1-5-18-7-6-14(9-18)10-19-8-12(2)16-15(19)17-13(3)11-20-4/h8,13-14H,5-7,9-11H2,1-4H3,(H,16,17). The topological polar surface area (TPSA) is 42.3 Å². The van der Waals surface area contributed by atoms with Gasteiger partial charge in [-0.05, 0) is 39.3 Å². The molecule has 0 aromatic carbocycles. The van der Waals surface area contributed by atoms with E-state index in [0.29, 0.717) is 6.61 Å². The van der Waals surface area contributed by atoms with Crippen LogP contribution < -0.4 is 5.32 Å². The number of hydrogen-bond donors (Lipinski definition) is 1. The fourth-order valence-electron chi connectivity index (χ4n) is 2.94. The van der Waals surface area contributed by atoms with Gasteiger partial charge in [-0.25, -0.2) is 4.98 Å². The molecule has 1 aliphatic heterocycles. The Morgan fingerprint density at radius 3 is 3.00 bits per heavy atom. The maximum absolute atomic E-state index is 5.18. The number of nitrogens with one attached hydrogen (secondary N) is 1. The first-order valence-corrected chi connectivity index (χ1v) is 7.64. The number of hydrogen-bond acceptors (Lipinski definition) is 4. The van der Waals surface area contributed by atoms with Crippen LogP contribution in [-0.4, -0.2) is 53.8 Å². The maximum atomic E-state index is 5.18. The van der Waals surface area contributed by atoms with E-state index < -0.39 is 0 Å². The second kappa shape index (κ2) is 7.09. The van der Waals surface area contributed by atoms with Gasteiger partial charge in [0.2, 0.25) is 5.95 Å². The van der Waals surface area contributed by atoms with E-state index in [2.05, 4.69) is 46.7 Å². The summed E-state index contributed by atoms with van der Waals surface area (Å²) in [7, 11) is 1.73. The van der Waals surface area contributed by atoms with Crippen molar-refractivity contribution in [3.63, 3.8) is 0 Å². The smallest absolute Gasteiger partial charge is 0.203 e. The molecule has 1 aromatic rings. The van der Waals surface area contributed by atoms with Gasteiger partial charge < -0.3 is 19.5 Å². The van der Waals surface area contributed by atoms with Crippen molar-refractivity contribution >= 4 is 5.95 Å². The fraction of sp³-hybridized carbons (Fsp3) is 0.800. The van der Waals surface area contributed by atoms with Crippen molar-refractivity contribution in [3.8, 4) is 0 Å². The molecule has 2 unspecified atom stereocenters. The van der Waals surface area contributed by atoms with E-state index in [0.717, 1.165) is 30.6 Å². The summed E-state index contributed by atoms with van der Waals surface area (Å²) in [6.07, 6.45) is 3.44. The van der Waals surface area contributed by atoms with Gasteiger partial charge in [-0.1, -0.05) is 6.92 Å². The van der Waals surface area contributed by atoms with Crippen molar-refractivity contribution in [2.24, 2.45) is 5.92 Å². The lowest BCUT2D eigenvalue weighted by atomic mass is 10.1. The minimum absolute atomic E-state index is 0.274. The number of rotatable bonds is 7. The summed E-state index contributed by atoms with van der Waals surface area (Å²) in [6, 6.07) is 0.274. The molecule has 1 fully saturated rings. The molecule has 1 aromatic heterocycles. The van der Waals surface area contributed by atoms with Crippen LogP contribution in [-0.2, 0) is 11.3 Å². The van der Waals surface area contributed by atoms with Crippen LogP contribution in [0.1, 0.15) is 26.0 Å². The maximum Gasteiger partial charge on any atom is 0.203 e. The summed E-state index contributed by atoms with van der Waals surface area (Å²) >= 11 is 0. The molecule has 2 rings (SSSR count). The molecule has 2 atom stereocenters. The highest BCUT2D eigenvalue weighted by atomic mass is 16.5. The van der Waals surface area contributed by atoms with Gasteiger partial charge in [-0.15, -0.1) is 0 Å². The highest BCUT2D eigenvalue weighted by Crippen LogP contribution is 2.20. The normalized spacial score (nSPS) is 21.3. The van der Waals surface area contributed by atoms with Gasteiger partial charge in [0.05, 0.1) is 12.3 Å². The SMILES string of the molecule is CCN1CCC(Cn2cc(C)nc2NC(C)COC)C1. The summed E-state index contributed by atoms with van der Waals surface area (Å²) in [5.41, 5.74) is 1.07. The molecule has 0 radical (unpaired) electrons. The zero-order chi connectivity index (χ0) is 14.5. The Morgan fingerprint density at radius 1 is 1.55 bits per heavy atom. The zero-order valence-corrected chi connectivity index (χ0v) is 13.2. The number of likely N-dealkylation sites (tertiary alicyclic amines) is 1. The largest absolute Gasteiger partial charge is 0.383 e. The number of nitrogens with zero attached hydrogens (tertiary/aromatic N) is 3. The van der Waals surface area contributed by atoms with E-state index in [4.69, 9.17) is 4.74 Å². The fourth-order valence-corrected chi connectivity index (χ4v) is 2.94. The molecular weight excluding hydrogens is 252 g/mol. The van der Waals surface area contributed by atoms with Crippen LogP contribution >= 0.6 is 0 Å². The Hall–Kier alpha value is -1.07. The molecular formula is C15H28N4O. The molecule has 0 spiro atoms. The van der Waals surface area contributed by atoms with E-state index >= 15 is 0 Å². The monoisotopic (exact) mass is 280 g/mol. The molecule has 1 N–H and O–H groups in total. The Balaban J connectivity index is 1.97. The predicted molar refractivity (Wildman–Crippen MR) is 82.1 cm³/mol. The van der Waals surface area contributed by atoms with Crippen LogP contribution in [0.4, 0.5) is 5.95 Å². The number of anilines is 1. The molecule has 2 heterocycles.